The summed E-state index contributed by atoms with van der Waals surface area (Å²) >= 11 is 0. The number of halogens is 1. The van der Waals surface area contributed by atoms with Gasteiger partial charge in [0.15, 0.2) is 0 Å². The van der Waals surface area contributed by atoms with Crippen LogP contribution in [-0.4, -0.2) is 35.5 Å². The Morgan fingerprint density at radius 2 is 1.88 bits per heavy atom. The van der Waals surface area contributed by atoms with Crippen LogP contribution in [0.2, 0.25) is 0 Å². The Bertz CT molecular complexity index is 609. The van der Waals surface area contributed by atoms with E-state index >= 15 is 0 Å². The van der Waals surface area contributed by atoms with Gasteiger partial charge in [0.25, 0.3) is 0 Å². The summed E-state index contributed by atoms with van der Waals surface area (Å²) in [6, 6.07) is 7.31. The smallest absolute Gasteiger partial charge is 0.225 e. The monoisotopic (exact) mass is 346 g/mol. The molecule has 3 nitrogen and oxygen atoms in total. The second-order valence-electron chi connectivity index (χ2n) is 8.28. The second kappa shape index (κ2) is 6.97. The summed E-state index contributed by atoms with van der Waals surface area (Å²) in [5, 5.41) is 0. The normalized spacial score (nSPS) is 25.4. The minimum Gasteiger partial charge on any atom is -0.363 e. The van der Waals surface area contributed by atoms with Gasteiger partial charge in [-0.3, -0.25) is 4.79 Å². The number of likely N-dealkylation sites (tertiary alicyclic amines) is 1. The van der Waals surface area contributed by atoms with Crippen LogP contribution in [0, 0.1) is 17.7 Å². The van der Waals surface area contributed by atoms with Crippen LogP contribution in [0.4, 0.5) is 10.1 Å². The average molecular weight is 346 g/mol. The Balaban J connectivity index is 1.78. The first-order valence-corrected chi connectivity index (χ1v) is 9.71. The number of anilines is 1. The van der Waals surface area contributed by atoms with Crippen LogP contribution in [0.1, 0.15) is 53.4 Å². The molecule has 0 radical (unpaired) electrons. The summed E-state index contributed by atoms with van der Waals surface area (Å²) in [5.74, 6) is 0.802. The highest BCUT2D eigenvalue weighted by molar-refractivity contribution is 5.79. The van der Waals surface area contributed by atoms with Crippen molar-refractivity contribution in [1.29, 1.82) is 0 Å². The van der Waals surface area contributed by atoms with Gasteiger partial charge in [0.05, 0.1) is 0 Å². The first-order valence-electron chi connectivity index (χ1n) is 9.71. The van der Waals surface area contributed by atoms with Gasteiger partial charge >= 0.3 is 0 Å². The lowest BCUT2D eigenvalue weighted by molar-refractivity contribution is -0.137. The number of rotatable bonds is 4. The van der Waals surface area contributed by atoms with E-state index in [-0.39, 0.29) is 17.3 Å². The van der Waals surface area contributed by atoms with E-state index in [9.17, 15) is 9.18 Å². The number of hydrogen-bond donors (Lipinski definition) is 0. The largest absolute Gasteiger partial charge is 0.363 e. The lowest BCUT2D eigenvalue weighted by Crippen LogP contribution is -2.51. The van der Waals surface area contributed by atoms with Crippen molar-refractivity contribution in [2.45, 2.75) is 65.0 Å². The highest BCUT2D eigenvalue weighted by Gasteiger charge is 2.48. The summed E-state index contributed by atoms with van der Waals surface area (Å²) < 4.78 is 13.3. The SMILES string of the molecule is CCC(CC)C(=O)N1CC[C@H]2[C@@H](C1)CC(C)(C)N2c1ccc(F)cc1. The number of hydrogen-bond acceptors (Lipinski definition) is 2. The first kappa shape index (κ1) is 18.2. The fourth-order valence-corrected chi connectivity index (χ4v) is 4.99. The number of carbonyl (C=O) groups is 1. The van der Waals surface area contributed by atoms with Gasteiger partial charge in [0, 0.05) is 36.3 Å². The van der Waals surface area contributed by atoms with E-state index in [2.05, 4.69) is 37.5 Å². The average Bonchev–Trinajstić information content (AvgIpc) is 2.85. The molecule has 0 aromatic heterocycles. The van der Waals surface area contributed by atoms with Crippen molar-refractivity contribution in [2.75, 3.05) is 18.0 Å². The second-order valence-corrected chi connectivity index (χ2v) is 8.28. The third kappa shape index (κ3) is 3.40. The lowest BCUT2D eigenvalue weighted by atomic mass is 9.88. The Morgan fingerprint density at radius 1 is 1.24 bits per heavy atom. The van der Waals surface area contributed by atoms with Crippen LogP contribution in [0.3, 0.4) is 0 Å². The number of piperidine rings is 1. The molecule has 1 amide bonds. The van der Waals surface area contributed by atoms with E-state index in [0.717, 1.165) is 44.5 Å². The van der Waals surface area contributed by atoms with Gasteiger partial charge in [0.1, 0.15) is 5.82 Å². The zero-order valence-electron chi connectivity index (χ0n) is 16.0. The molecule has 2 aliphatic rings. The standard InChI is InChI=1S/C21H31FN2O/c1-5-15(6-2)20(25)23-12-11-19-16(14-23)13-21(3,4)24(19)18-9-7-17(22)8-10-18/h7-10,15-16,19H,5-6,11-14H2,1-4H3/t16-,19+/m1/s1. The van der Waals surface area contributed by atoms with Crippen molar-refractivity contribution in [3.8, 4) is 0 Å². The number of amides is 1. The predicted octanol–water partition coefficient (Wildman–Crippen LogP) is 4.47. The Hall–Kier alpha value is -1.58. The molecule has 0 spiro atoms. The fraction of sp³-hybridized carbons (Fsp3) is 0.667. The topological polar surface area (TPSA) is 23.6 Å². The molecule has 1 aromatic carbocycles. The molecule has 0 bridgehead atoms. The van der Waals surface area contributed by atoms with Crippen LogP contribution in [-0.2, 0) is 4.79 Å². The van der Waals surface area contributed by atoms with Gasteiger partial charge in [0.2, 0.25) is 5.91 Å². The summed E-state index contributed by atoms with van der Waals surface area (Å²) in [5.41, 5.74) is 1.12. The molecule has 2 atom stereocenters. The Kier molecular flexibility index (Phi) is 5.08. The summed E-state index contributed by atoms with van der Waals surface area (Å²) in [6.45, 7) is 10.4. The number of carbonyl (C=O) groups excluding carboxylic acids is 1. The zero-order valence-corrected chi connectivity index (χ0v) is 16.0. The van der Waals surface area contributed by atoms with Crippen molar-refractivity contribution in [1.82, 2.24) is 4.90 Å². The van der Waals surface area contributed by atoms with Crippen molar-refractivity contribution in [3.05, 3.63) is 30.1 Å². The maximum Gasteiger partial charge on any atom is 0.225 e. The third-order valence-corrected chi connectivity index (χ3v) is 6.19. The van der Waals surface area contributed by atoms with Gasteiger partial charge in [-0.15, -0.1) is 0 Å². The van der Waals surface area contributed by atoms with Crippen LogP contribution in [0.25, 0.3) is 0 Å². The molecule has 2 aliphatic heterocycles. The van der Waals surface area contributed by atoms with Crippen LogP contribution in [0.15, 0.2) is 24.3 Å². The predicted molar refractivity (Wildman–Crippen MR) is 100 cm³/mol. The van der Waals surface area contributed by atoms with E-state index in [4.69, 9.17) is 0 Å². The molecule has 2 heterocycles. The summed E-state index contributed by atoms with van der Waals surface area (Å²) in [6.07, 6.45) is 3.92. The lowest BCUT2D eigenvalue weighted by Gasteiger charge is -2.42. The maximum absolute atomic E-state index is 13.3. The van der Waals surface area contributed by atoms with Crippen LogP contribution in [0.5, 0.6) is 0 Å². The summed E-state index contributed by atoms with van der Waals surface area (Å²) in [4.78, 5) is 17.3. The number of benzene rings is 1. The van der Waals surface area contributed by atoms with Crippen molar-refractivity contribution in [2.24, 2.45) is 11.8 Å². The van der Waals surface area contributed by atoms with Crippen molar-refractivity contribution < 1.29 is 9.18 Å². The van der Waals surface area contributed by atoms with Crippen LogP contribution < -0.4 is 4.90 Å². The molecule has 0 saturated carbocycles. The van der Waals surface area contributed by atoms with Gasteiger partial charge in [-0.25, -0.2) is 4.39 Å². The van der Waals surface area contributed by atoms with E-state index in [1.54, 1.807) is 12.1 Å². The molecule has 2 fully saturated rings. The van der Waals surface area contributed by atoms with Crippen molar-refractivity contribution >= 4 is 11.6 Å². The third-order valence-electron chi connectivity index (χ3n) is 6.19. The van der Waals surface area contributed by atoms with E-state index < -0.39 is 0 Å². The molecule has 0 N–H and O–H groups in total. The maximum atomic E-state index is 13.3. The van der Waals surface area contributed by atoms with Crippen molar-refractivity contribution in [3.63, 3.8) is 0 Å². The van der Waals surface area contributed by atoms with E-state index in [1.165, 1.54) is 0 Å². The molecular weight excluding hydrogens is 315 g/mol. The zero-order chi connectivity index (χ0) is 18.2. The highest BCUT2D eigenvalue weighted by atomic mass is 19.1. The number of fused-ring (bicyclic) bond motifs is 1. The number of nitrogens with zero attached hydrogens (tertiary/aromatic N) is 2. The molecule has 3 rings (SSSR count). The van der Waals surface area contributed by atoms with Gasteiger partial charge in [-0.05, 0) is 69.7 Å². The molecule has 0 aliphatic carbocycles. The Morgan fingerprint density at radius 3 is 2.48 bits per heavy atom. The summed E-state index contributed by atoms with van der Waals surface area (Å²) in [7, 11) is 0. The molecule has 138 valence electrons. The molecule has 4 heteroatoms. The molecule has 25 heavy (non-hydrogen) atoms. The molecular formula is C21H31FN2O. The molecule has 2 saturated heterocycles. The quantitative estimate of drug-likeness (QED) is 0.803. The van der Waals surface area contributed by atoms with Gasteiger partial charge in [-0.1, -0.05) is 13.8 Å². The highest BCUT2D eigenvalue weighted by Crippen LogP contribution is 2.44. The first-order chi connectivity index (χ1) is 11.9. The van der Waals surface area contributed by atoms with Crippen LogP contribution >= 0.6 is 0 Å². The fourth-order valence-electron chi connectivity index (χ4n) is 4.99. The van der Waals surface area contributed by atoms with Gasteiger partial charge in [-0.2, -0.15) is 0 Å². The van der Waals surface area contributed by atoms with E-state index in [1.807, 2.05) is 12.1 Å². The minimum absolute atomic E-state index is 0.0289. The minimum atomic E-state index is -0.192. The van der Waals surface area contributed by atoms with Gasteiger partial charge < -0.3 is 9.80 Å². The molecule has 1 aromatic rings. The Labute approximate surface area is 151 Å². The van der Waals surface area contributed by atoms with E-state index in [0.29, 0.717) is 17.9 Å². The molecule has 0 unspecified atom stereocenters.